The average Bonchev–Trinajstić information content (AvgIpc) is 2.23. The largest absolute Gasteiger partial charge is 0.314 e. The minimum absolute atomic E-state index is 0.281. The van der Waals surface area contributed by atoms with E-state index in [1.807, 2.05) is 6.07 Å². The monoisotopic (exact) mass is 255 g/mol. The standard InChI is InChI=1S/C14H19ClFN/c1-10(9-17-12-5-3-6-12)8-11-4-2-7-13(16)14(11)15/h2,4,7,10,12,17H,3,5-6,8-9H2,1H3. The summed E-state index contributed by atoms with van der Waals surface area (Å²) >= 11 is 5.94. The summed E-state index contributed by atoms with van der Waals surface area (Å²) in [5, 5.41) is 3.82. The highest BCUT2D eigenvalue weighted by Crippen LogP contribution is 2.23. The highest BCUT2D eigenvalue weighted by Gasteiger charge is 2.17. The van der Waals surface area contributed by atoms with Crippen molar-refractivity contribution in [3.8, 4) is 0 Å². The Morgan fingerprint density at radius 1 is 1.47 bits per heavy atom. The third-order valence-corrected chi connectivity index (χ3v) is 3.88. The van der Waals surface area contributed by atoms with Crippen LogP contribution < -0.4 is 5.32 Å². The summed E-state index contributed by atoms with van der Waals surface area (Å²) in [5.41, 5.74) is 0.912. The van der Waals surface area contributed by atoms with Crippen LogP contribution in [-0.4, -0.2) is 12.6 Å². The molecule has 0 radical (unpaired) electrons. The number of halogens is 2. The van der Waals surface area contributed by atoms with E-state index >= 15 is 0 Å². The molecule has 1 aromatic rings. The fourth-order valence-electron chi connectivity index (χ4n) is 2.13. The molecule has 0 bridgehead atoms. The molecule has 1 fully saturated rings. The smallest absolute Gasteiger partial charge is 0.142 e. The number of hydrogen-bond acceptors (Lipinski definition) is 1. The molecule has 0 amide bonds. The van der Waals surface area contributed by atoms with Crippen LogP contribution in [0.15, 0.2) is 18.2 Å². The summed E-state index contributed by atoms with van der Waals surface area (Å²) in [6.45, 7) is 3.16. The molecule has 2 rings (SSSR count). The van der Waals surface area contributed by atoms with E-state index in [0.29, 0.717) is 12.0 Å². The molecule has 3 heteroatoms. The lowest BCUT2D eigenvalue weighted by Crippen LogP contribution is -2.38. The molecule has 0 spiro atoms. The van der Waals surface area contributed by atoms with Crippen LogP contribution in [-0.2, 0) is 6.42 Å². The Bertz CT molecular complexity index is 376. The van der Waals surface area contributed by atoms with E-state index in [4.69, 9.17) is 11.6 Å². The molecule has 94 valence electrons. The van der Waals surface area contributed by atoms with Crippen LogP contribution in [0.5, 0.6) is 0 Å². The molecule has 1 aliphatic rings. The minimum Gasteiger partial charge on any atom is -0.314 e. The molecular formula is C14H19ClFN. The molecule has 0 heterocycles. The summed E-state index contributed by atoms with van der Waals surface area (Å²) in [6.07, 6.45) is 4.78. The van der Waals surface area contributed by atoms with E-state index in [0.717, 1.165) is 18.5 Å². The van der Waals surface area contributed by atoms with Crippen LogP contribution in [0.1, 0.15) is 31.7 Å². The molecule has 0 saturated heterocycles. The normalized spacial score (nSPS) is 17.8. The van der Waals surface area contributed by atoms with Crippen LogP contribution >= 0.6 is 11.6 Å². The maximum atomic E-state index is 13.3. The van der Waals surface area contributed by atoms with Crippen molar-refractivity contribution in [2.75, 3.05) is 6.54 Å². The van der Waals surface area contributed by atoms with Gasteiger partial charge in [-0.2, -0.15) is 0 Å². The number of hydrogen-bond donors (Lipinski definition) is 1. The number of rotatable bonds is 5. The minimum atomic E-state index is -0.316. The predicted molar refractivity (Wildman–Crippen MR) is 69.9 cm³/mol. The Kier molecular flexibility index (Phi) is 4.41. The molecule has 1 aromatic carbocycles. The van der Waals surface area contributed by atoms with Crippen molar-refractivity contribution in [1.82, 2.24) is 5.32 Å². The van der Waals surface area contributed by atoms with Crippen molar-refractivity contribution in [1.29, 1.82) is 0 Å². The van der Waals surface area contributed by atoms with Crippen molar-refractivity contribution in [2.24, 2.45) is 5.92 Å². The van der Waals surface area contributed by atoms with Gasteiger partial charge in [-0.3, -0.25) is 0 Å². The van der Waals surface area contributed by atoms with Crippen LogP contribution in [0, 0.1) is 11.7 Å². The lowest BCUT2D eigenvalue weighted by atomic mass is 9.92. The summed E-state index contributed by atoms with van der Waals surface area (Å²) in [5.74, 6) is 0.165. The zero-order valence-corrected chi connectivity index (χ0v) is 10.9. The predicted octanol–water partition coefficient (Wildman–Crippen LogP) is 3.80. The zero-order chi connectivity index (χ0) is 12.3. The van der Waals surface area contributed by atoms with Crippen molar-refractivity contribution < 1.29 is 4.39 Å². The zero-order valence-electron chi connectivity index (χ0n) is 10.2. The van der Waals surface area contributed by atoms with Gasteiger partial charge in [-0.1, -0.05) is 37.1 Å². The SMILES string of the molecule is CC(CNC1CCC1)Cc1cccc(F)c1Cl. The molecule has 1 saturated carbocycles. The van der Waals surface area contributed by atoms with Crippen molar-refractivity contribution >= 4 is 11.6 Å². The highest BCUT2D eigenvalue weighted by atomic mass is 35.5. The Hall–Kier alpha value is -0.600. The quantitative estimate of drug-likeness (QED) is 0.844. The first kappa shape index (κ1) is 12.8. The third-order valence-electron chi connectivity index (χ3n) is 3.46. The summed E-state index contributed by atoms with van der Waals surface area (Å²) in [7, 11) is 0. The van der Waals surface area contributed by atoms with E-state index in [9.17, 15) is 4.39 Å². The molecule has 1 N–H and O–H groups in total. The summed E-state index contributed by atoms with van der Waals surface area (Å²) in [6, 6.07) is 5.75. The second-order valence-electron chi connectivity index (χ2n) is 5.06. The van der Waals surface area contributed by atoms with Crippen LogP contribution in [0.25, 0.3) is 0 Å². The van der Waals surface area contributed by atoms with Crippen molar-refractivity contribution in [2.45, 2.75) is 38.6 Å². The van der Waals surface area contributed by atoms with Gasteiger partial charge in [0.15, 0.2) is 0 Å². The first-order valence-corrected chi connectivity index (χ1v) is 6.71. The van der Waals surface area contributed by atoms with Gasteiger partial charge >= 0.3 is 0 Å². The van der Waals surface area contributed by atoms with Gasteiger partial charge in [0, 0.05) is 6.04 Å². The molecule has 1 aliphatic carbocycles. The van der Waals surface area contributed by atoms with Crippen LogP contribution in [0.2, 0.25) is 5.02 Å². The second-order valence-corrected chi connectivity index (χ2v) is 5.44. The first-order valence-electron chi connectivity index (χ1n) is 6.33. The van der Waals surface area contributed by atoms with E-state index in [-0.39, 0.29) is 10.8 Å². The topological polar surface area (TPSA) is 12.0 Å². The molecule has 0 aliphatic heterocycles. The van der Waals surface area contributed by atoms with Gasteiger partial charge in [0.25, 0.3) is 0 Å². The van der Waals surface area contributed by atoms with Gasteiger partial charge in [-0.15, -0.1) is 0 Å². The number of benzene rings is 1. The van der Waals surface area contributed by atoms with Gasteiger partial charge < -0.3 is 5.32 Å². The fraction of sp³-hybridized carbons (Fsp3) is 0.571. The molecule has 0 aromatic heterocycles. The van der Waals surface area contributed by atoms with Gasteiger partial charge in [0.2, 0.25) is 0 Å². The Morgan fingerprint density at radius 3 is 2.88 bits per heavy atom. The van der Waals surface area contributed by atoms with E-state index in [1.54, 1.807) is 6.07 Å². The molecule has 17 heavy (non-hydrogen) atoms. The Labute approximate surface area is 107 Å². The molecular weight excluding hydrogens is 237 g/mol. The molecule has 1 unspecified atom stereocenters. The second kappa shape index (κ2) is 5.83. The van der Waals surface area contributed by atoms with Crippen molar-refractivity contribution in [3.63, 3.8) is 0 Å². The lowest BCUT2D eigenvalue weighted by Gasteiger charge is -2.28. The van der Waals surface area contributed by atoms with Gasteiger partial charge in [-0.05, 0) is 43.4 Å². The fourth-order valence-corrected chi connectivity index (χ4v) is 2.34. The molecule has 1 atom stereocenters. The van der Waals surface area contributed by atoms with Crippen molar-refractivity contribution in [3.05, 3.63) is 34.6 Å². The van der Waals surface area contributed by atoms with Gasteiger partial charge in [-0.25, -0.2) is 4.39 Å². The molecule has 1 nitrogen and oxygen atoms in total. The van der Waals surface area contributed by atoms with Crippen LogP contribution in [0.4, 0.5) is 4.39 Å². The maximum Gasteiger partial charge on any atom is 0.142 e. The third kappa shape index (κ3) is 3.43. The maximum absolute atomic E-state index is 13.3. The Balaban J connectivity index is 1.84. The average molecular weight is 256 g/mol. The van der Waals surface area contributed by atoms with E-state index in [2.05, 4.69) is 12.2 Å². The van der Waals surface area contributed by atoms with E-state index < -0.39 is 0 Å². The van der Waals surface area contributed by atoms with E-state index in [1.165, 1.54) is 25.3 Å². The van der Waals surface area contributed by atoms with Gasteiger partial charge in [0.1, 0.15) is 5.82 Å². The Morgan fingerprint density at radius 2 is 2.24 bits per heavy atom. The first-order chi connectivity index (χ1) is 8.16. The summed E-state index contributed by atoms with van der Waals surface area (Å²) < 4.78 is 13.3. The van der Waals surface area contributed by atoms with Crippen LogP contribution in [0.3, 0.4) is 0 Å². The number of nitrogens with one attached hydrogen (secondary N) is 1. The summed E-state index contributed by atoms with van der Waals surface area (Å²) in [4.78, 5) is 0. The van der Waals surface area contributed by atoms with Gasteiger partial charge in [0.05, 0.1) is 5.02 Å². The highest BCUT2D eigenvalue weighted by molar-refractivity contribution is 6.31. The lowest BCUT2D eigenvalue weighted by molar-refractivity contribution is 0.320.